The molecule has 27 heavy (non-hydrogen) atoms. The molecule has 1 atom stereocenters. The first-order valence-corrected chi connectivity index (χ1v) is 8.83. The second-order valence-corrected chi connectivity index (χ2v) is 6.97. The van der Waals surface area contributed by atoms with E-state index in [1.807, 2.05) is 13.8 Å². The minimum absolute atomic E-state index is 0.0622. The number of nitrogens with two attached hydrogens (primary N) is 1. The van der Waals surface area contributed by atoms with Crippen LogP contribution in [0.1, 0.15) is 30.6 Å². The number of primary amides is 1. The van der Waals surface area contributed by atoms with Gasteiger partial charge in [0.15, 0.2) is 6.61 Å². The van der Waals surface area contributed by atoms with E-state index in [-0.39, 0.29) is 23.0 Å². The third-order valence-corrected chi connectivity index (χ3v) is 3.83. The number of amides is 3. The van der Waals surface area contributed by atoms with Gasteiger partial charge in [0, 0.05) is 5.02 Å². The fraction of sp³-hybridized carbons (Fsp3) is 0.412. The molecule has 0 radical (unpaired) electrons. The lowest BCUT2D eigenvalue weighted by Gasteiger charge is -2.19. The molecule has 0 aliphatic rings. The summed E-state index contributed by atoms with van der Waals surface area (Å²) >= 11 is 11.8. The van der Waals surface area contributed by atoms with E-state index < -0.39 is 36.3 Å². The van der Waals surface area contributed by atoms with Gasteiger partial charge in [0.2, 0.25) is 5.91 Å². The van der Waals surface area contributed by atoms with E-state index in [1.54, 1.807) is 0 Å². The molecule has 4 N–H and O–H groups in total. The lowest BCUT2D eigenvalue weighted by atomic mass is 10.0. The lowest BCUT2D eigenvalue weighted by Crippen LogP contribution is -2.44. The van der Waals surface area contributed by atoms with Crippen LogP contribution in [-0.4, -0.2) is 42.9 Å². The first-order valence-electron chi connectivity index (χ1n) is 8.07. The highest BCUT2D eigenvalue weighted by molar-refractivity contribution is 6.36. The molecule has 8 nitrogen and oxygen atoms in total. The van der Waals surface area contributed by atoms with Crippen LogP contribution >= 0.6 is 23.2 Å². The molecular weight excluding hydrogens is 397 g/mol. The molecule has 10 heteroatoms. The van der Waals surface area contributed by atoms with Gasteiger partial charge in [-0.05, 0) is 30.5 Å². The Balaban J connectivity index is 2.73. The van der Waals surface area contributed by atoms with Gasteiger partial charge in [-0.1, -0.05) is 37.0 Å². The Kier molecular flexibility index (Phi) is 9.04. The molecule has 3 amide bonds. The Morgan fingerprint density at radius 1 is 1.19 bits per heavy atom. The molecule has 0 saturated heterocycles. The number of esters is 1. The van der Waals surface area contributed by atoms with Crippen molar-refractivity contribution in [3.05, 3.63) is 33.8 Å². The Hall–Kier alpha value is -2.32. The minimum Gasteiger partial charge on any atom is -0.454 e. The van der Waals surface area contributed by atoms with Gasteiger partial charge < -0.3 is 21.1 Å². The van der Waals surface area contributed by atoms with Crippen LogP contribution < -0.4 is 16.4 Å². The van der Waals surface area contributed by atoms with E-state index in [0.29, 0.717) is 11.4 Å². The highest BCUT2D eigenvalue weighted by Crippen LogP contribution is 2.21. The lowest BCUT2D eigenvalue weighted by molar-refractivity contribution is -0.150. The Morgan fingerprint density at radius 2 is 1.85 bits per heavy atom. The van der Waals surface area contributed by atoms with Crippen LogP contribution in [0.5, 0.6) is 0 Å². The van der Waals surface area contributed by atoms with E-state index in [0.717, 1.165) is 0 Å². The first-order chi connectivity index (χ1) is 12.6. The third kappa shape index (κ3) is 8.27. The predicted molar refractivity (Wildman–Crippen MR) is 100 cm³/mol. The molecule has 1 rings (SSSR count). The van der Waals surface area contributed by atoms with Crippen molar-refractivity contribution in [2.45, 2.75) is 26.3 Å². The van der Waals surface area contributed by atoms with Gasteiger partial charge >= 0.3 is 5.97 Å². The summed E-state index contributed by atoms with van der Waals surface area (Å²) in [5.74, 6) is -2.70. The SMILES string of the molecule is CC(C)C[C@H](NC(=O)c1ccc(Cl)cc1Cl)C(=O)OCC(=O)NCC(N)=O. The van der Waals surface area contributed by atoms with Crippen LogP contribution in [0.4, 0.5) is 0 Å². The molecule has 0 aliphatic carbocycles. The second kappa shape index (κ2) is 10.7. The van der Waals surface area contributed by atoms with E-state index >= 15 is 0 Å². The summed E-state index contributed by atoms with van der Waals surface area (Å²) in [5.41, 5.74) is 5.06. The van der Waals surface area contributed by atoms with Gasteiger partial charge in [0.1, 0.15) is 6.04 Å². The zero-order valence-corrected chi connectivity index (χ0v) is 16.4. The summed E-state index contributed by atoms with van der Waals surface area (Å²) in [4.78, 5) is 46.8. The number of nitrogens with one attached hydrogen (secondary N) is 2. The maximum Gasteiger partial charge on any atom is 0.329 e. The number of halogens is 2. The van der Waals surface area contributed by atoms with E-state index in [2.05, 4.69) is 10.6 Å². The summed E-state index contributed by atoms with van der Waals surface area (Å²) in [6.07, 6.45) is 0.290. The van der Waals surface area contributed by atoms with E-state index in [4.69, 9.17) is 33.7 Å². The number of ether oxygens (including phenoxy) is 1. The maximum atomic E-state index is 12.4. The van der Waals surface area contributed by atoms with Crippen LogP contribution in [0, 0.1) is 5.92 Å². The van der Waals surface area contributed by atoms with Crippen molar-refractivity contribution in [1.29, 1.82) is 0 Å². The summed E-state index contributed by atoms with van der Waals surface area (Å²) in [6.45, 7) is 2.76. The highest BCUT2D eigenvalue weighted by atomic mass is 35.5. The molecule has 0 aromatic heterocycles. The number of carbonyl (C=O) groups excluding carboxylic acids is 4. The topological polar surface area (TPSA) is 128 Å². The summed E-state index contributed by atoms with van der Waals surface area (Å²) in [5, 5.41) is 5.25. The molecule has 0 bridgehead atoms. The Bertz CT molecular complexity index is 725. The quantitative estimate of drug-likeness (QED) is 0.521. The van der Waals surface area contributed by atoms with Crippen molar-refractivity contribution >= 4 is 46.9 Å². The third-order valence-electron chi connectivity index (χ3n) is 3.28. The van der Waals surface area contributed by atoms with Gasteiger partial charge in [-0.15, -0.1) is 0 Å². The molecule has 0 fully saturated rings. The van der Waals surface area contributed by atoms with Crippen molar-refractivity contribution in [3.8, 4) is 0 Å². The molecule has 0 saturated carbocycles. The Labute approximate surface area is 166 Å². The predicted octanol–water partition coefficient (Wildman–Crippen LogP) is 1.28. The average molecular weight is 418 g/mol. The first kappa shape index (κ1) is 22.7. The molecule has 0 heterocycles. The molecule has 0 unspecified atom stereocenters. The Morgan fingerprint density at radius 3 is 2.41 bits per heavy atom. The van der Waals surface area contributed by atoms with E-state index in [1.165, 1.54) is 18.2 Å². The van der Waals surface area contributed by atoms with Gasteiger partial charge in [-0.2, -0.15) is 0 Å². The van der Waals surface area contributed by atoms with Gasteiger partial charge in [0.25, 0.3) is 11.8 Å². The monoisotopic (exact) mass is 417 g/mol. The van der Waals surface area contributed by atoms with Crippen LogP contribution in [0.25, 0.3) is 0 Å². The zero-order valence-electron chi connectivity index (χ0n) is 14.9. The molecule has 1 aromatic rings. The van der Waals surface area contributed by atoms with Crippen molar-refractivity contribution in [1.82, 2.24) is 10.6 Å². The summed E-state index contributed by atoms with van der Waals surface area (Å²) in [7, 11) is 0. The van der Waals surface area contributed by atoms with Crippen molar-refractivity contribution in [2.75, 3.05) is 13.2 Å². The fourth-order valence-corrected chi connectivity index (χ4v) is 2.56. The second-order valence-electron chi connectivity index (χ2n) is 6.13. The number of hydrogen-bond acceptors (Lipinski definition) is 5. The van der Waals surface area contributed by atoms with Crippen LogP contribution in [0.3, 0.4) is 0 Å². The molecule has 148 valence electrons. The van der Waals surface area contributed by atoms with Gasteiger partial charge in [-0.3, -0.25) is 14.4 Å². The van der Waals surface area contributed by atoms with E-state index in [9.17, 15) is 19.2 Å². The van der Waals surface area contributed by atoms with Gasteiger partial charge in [-0.25, -0.2) is 4.79 Å². The fourth-order valence-electron chi connectivity index (χ4n) is 2.07. The zero-order chi connectivity index (χ0) is 20.6. The molecule has 1 aromatic carbocycles. The standard InChI is InChI=1S/C17H21Cl2N3O5/c1-9(2)5-13(17(26)27-8-15(24)21-7-14(20)23)22-16(25)11-4-3-10(18)6-12(11)19/h3-4,6,9,13H,5,7-8H2,1-2H3,(H2,20,23)(H,21,24)(H,22,25)/t13-/m0/s1. The van der Waals surface area contributed by atoms with Crippen LogP contribution in [-0.2, 0) is 19.1 Å². The highest BCUT2D eigenvalue weighted by Gasteiger charge is 2.25. The minimum atomic E-state index is -0.979. The number of rotatable bonds is 9. The van der Waals surface area contributed by atoms with Crippen molar-refractivity contribution in [2.24, 2.45) is 11.7 Å². The number of benzene rings is 1. The van der Waals surface area contributed by atoms with Crippen LogP contribution in [0.2, 0.25) is 10.0 Å². The average Bonchev–Trinajstić information content (AvgIpc) is 2.56. The molecule has 0 spiro atoms. The van der Waals surface area contributed by atoms with Crippen LogP contribution in [0.15, 0.2) is 18.2 Å². The number of carbonyl (C=O) groups is 4. The smallest absolute Gasteiger partial charge is 0.329 e. The molecule has 0 aliphatic heterocycles. The normalized spacial score (nSPS) is 11.6. The number of hydrogen-bond donors (Lipinski definition) is 3. The largest absolute Gasteiger partial charge is 0.454 e. The molecular formula is C17H21Cl2N3O5. The van der Waals surface area contributed by atoms with Crippen molar-refractivity contribution < 1.29 is 23.9 Å². The maximum absolute atomic E-state index is 12.4. The summed E-state index contributed by atoms with van der Waals surface area (Å²) in [6, 6.07) is 3.38. The van der Waals surface area contributed by atoms with Crippen molar-refractivity contribution in [3.63, 3.8) is 0 Å². The van der Waals surface area contributed by atoms with Gasteiger partial charge in [0.05, 0.1) is 17.1 Å². The summed E-state index contributed by atoms with van der Waals surface area (Å²) < 4.78 is 4.91.